The summed E-state index contributed by atoms with van der Waals surface area (Å²) in [5.74, 6) is -2.07. The smallest absolute Gasteiger partial charge is 0.426 e. The Bertz CT molecular complexity index is 1140. The van der Waals surface area contributed by atoms with Gasteiger partial charge in [-0.1, -0.05) is 71.6 Å². The van der Waals surface area contributed by atoms with Gasteiger partial charge < -0.3 is 31.7 Å². The van der Waals surface area contributed by atoms with Crippen LogP contribution in [0.1, 0.15) is 129 Å². The monoisotopic (exact) mass is 705 g/mol. The summed E-state index contributed by atoms with van der Waals surface area (Å²) in [6.07, 6.45) is 14.9. The van der Waals surface area contributed by atoms with Crippen LogP contribution in [0.2, 0.25) is 0 Å². The van der Waals surface area contributed by atoms with Crippen molar-refractivity contribution in [2.75, 3.05) is 13.1 Å². The van der Waals surface area contributed by atoms with E-state index >= 15 is 0 Å². The van der Waals surface area contributed by atoms with Crippen LogP contribution in [0.25, 0.3) is 0 Å². The van der Waals surface area contributed by atoms with Crippen LogP contribution in [0.3, 0.4) is 0 Å². The van der Waals surface area contributed by atoms with Gasteiger partial charge in [-0.05, 0) is 69.6 Å². The number of guanidine groups is 1. The van der Waals surface area contributed by atoms with Gasteiger partial charge in [-0.2, -0.15) is 0 Å². The van der Waals surface area contributed by atoms with E-state index < -0.39 is 30.0 Å². The standard InChI is InChI=1S/C34H60BN7O8/c1-23(2)22-29(35(47)48)39-31(44)28(19-13-20-37-34(36)40-42(49)50)38-30(43)25(24-14-8-9-15-24)16-7-5-3-4-6-12-21-41-32(45)26-17-10-11-18-27(26)33(41)46/h23-29,47-48H,3-22H2,1-2H3,(H,38,43)(H,39,44)(H3,36,37,40)/t25?,26?,27?,28-,29-/m0/s1. The number of nitro groups is 1. The van der Waals surface area contributed by atoms with E-state index in [1.54, 1.807) is 0 Å². The molecular weight excluding hydrogens is 645 g/mol. The minimum atomic E-state index is -1.77. The topological polar surface area (TPSA) is 230 Å². The normalized spacial score (nSPS) is 21.5. The SMILES string of the molecule is CC(C)C[C@H](NC(=O)[C@H](CCCN/C(N)=N/[N+](=O)[O-])NC(=O)C(CCCCCCCCN1C(=O)C2CCCCC2C1=O)C1CCCC1)B(O)O. The van der Waals surface area contributed by atoms with Crippen LogP contribution >= 0.6 is 0 Å². The third-order valence-corrected chi connectivity index (χ3v) is 10.6. The van der Waals surface area contributed by atoms with E-state index in [-0.39, 0.29) is 66.2 Å². The Kier molecular flexibility index (Phi) is 17.4. The van der Waals surface area contributed by atoms with Crippen molar-refractivity contribution in [3.8, 4) is 0 Å². The average molecular weight is 706 g/mol. The highest BCUT2D eigenvalue weighted by Crippen LogP contribution is 2.38. The second-order valence-corrected chi connectivity index (χ2v) is 14.9. The molecule has 3 aliphatic rings. The molecule has 5 atom stereocenters. The first-order valence-corrected chi connectivity index (χ1v) is 18.9. The minimum absolute atomic E-state index is 0.0283. The highest BCUT2D eigenvalue weighted by atomic mass is 16.7. The van der Waals surface area contributed by atoms with E-state index in [9.17, 15) is 39.3 Å². The first-order chi connectivity index (χ1) is 23.9. The lowest BCUT2D eigenvalue weighted by atomic mass is 9.75. The van der Waals surface area contributed by atoms with Crippen molar-refractivity contribution in [2.45, 2.75) is 141 Å². The summed E-state index contributed by atoms with van der Waals surface area (Å²) in [7, 11) is -1.77. The number of hydrazone groups is 1. The number of hydrogen-bond acceptors (Lipinski definition) is 8. The Morgan fingerprint density at radius 1 is 0.900 bits per heavy atom. The van der Waals surface area contributed by atoms with Gasteiger partial charge in [0.2, 0.25) is 23.6 Å². The highest BCUT2D eigenvalue weighted by Gasteiger charge is 2.47. The summed E-state index contributed by atoms with van der Waals surface area (Å²) >= 11 is 0. The van der Waals surface area contributed by atoms with Crippen LogP contribution in [0.15, 0.2) is 5.10 Å². The molecule has 0 bridgehead atoms. The van der Waals surface area contributed by atoms with Gasteiger partial charge in [0.1, 0.15) is 11.1 Å². The summed E-state index contributed by atoms with van der Waals surface area (Å²) < 4.78 is 0. The number of nitrogens with two attached hydrogens (primary N) is 1. The lowest BCUT2D eigenvalue weighted by Crippen LogP contribution is -2.55. The first kappa shape index (κ1) is 41.2. The Balaban J connectivity index is 1.50. The van der Waals surface area contributed by atoms with Crippen LogP contribution in [0.5, 0.6) is 0 Å². The Morgan fingerprint density at radius 2 is 1.48 bits per heavy atom. The number of unbranched alkanes of at least 4 members (excludes halogenated alkanes) is 5. The fourth-order valence-corrected chi connectivity index (χ4v) is 7.97. The summed E-state index contributed by atoms with van der Waals surface area (Å²) in [6.45, 7) is 4.49. The number of carbonyl (C=O) groups is 4. The molecule has 15 nitrogen and oxygen atoms in total. The van der Waals surface area contributed by atoms with E-state index in [1.807, 2.05) is 13.8 Å². The molecule has 1 aliphatic heterocycles. The molecule has 1 heterocycles. The Morgan fingerprint density at radius 3 is 2.06 bits per heavy atom. The second-order valence-electron chi connectivity index (χ2n) is 14.9. The molecule has 7 N–H and O–H groups in total. The maximum Gasteiger partial charge on any atom is 0.475 e. The van der Waals surface area contributed by atoms with Gasteiger partial charge in [0, 0.05) is 19.0 Å². The fourth-order valence-electron chi connectivity index (χ4n) is 7.97. The average Bonchev–Trinajstić information content (AvgIpc) is 3.67. The predicted octanol–water partition coefficient (Wildman–Crippen LogP) is 2.60. The third-order valence-electron chi connectivity index (χ3n) is 10.6. The number of amides is 4. The molecule has 3 rings (SSSR count). The van der Waals surface area contributed by atoms with E-state index in [4.69, 9.17) is 5.73 Å². The van der Waals surface area contributed by atoms with Gasteiger partial charge in [-0.15, -0.1) is 0 Å². The van der Waals surface area contributed by atoms with Crippen LogP contribution in [-0.2, 0) is 19.2 Å². The van der Waals surface area contributed by atoms with Gasteiger partial charge in [0.15, 0.2) is 5.03 Å². The van der Waals surface area contributed by atoms with E-state index in [0.717, 1.165) is 89.9 Å². The zero-order chi connectivity index (χ0) is 36.6. The van der Waals surface area contributed by atoms with Gasteiger partial charge in [0.25, 0.3) is 5.96 Å². The lowest BCUT2D eigenvalue weighted by molar-refractivity contribution is -0.485. The molecule has 50 heavy (non-hydrogen) atoms. The fraction of sp³-hybridized carbons (Fsp3) is 0.853. The second kappa shape index (κ2) is 21.2. The van der Waals surface area contributed by atoms with Crippen LogP contribution in [0.4, 0.5) is 0 Å². The maximum absolute atomic E-state index is 13.8. The van der Waals surface area contributed by atoms with Crippen molar-refractivity contribution in [3.63, 3.8) is 0 Å². The molecule has 2 aliphatic carbocycles. The first-order valence-electron chi connectivity index (χ1n) is 18.9. The zero-order valence-corrected chi connectivity index (χ0v) is 30.0. The molecule has 3 unspecified atom stereocenters. The molecule has 0 spiro atoms. The molecule has 0 aromatic carbocycles. The number of nitrogens with zero attached hydrogens (tertiary/aromatic N) is 3. The van der Waals surface area contributed by atoms with E-state index in [2.05, 4.69) is 21.1 Å². The van der Waals surface area contributed by atoms with Crippen molar-refractivity contribution in [2.24, 2.45) is 40.4 Å². The zero-order valence-electron chi connectivity index (χ0n) is 30.0. The Hall–Kier alpha value is -3.27. The molecule has 0 aromatic heterocycles. The molecular formula is C34H60BN7O8. The van der Waals surface area contributed by atoms with Gasteiger partial charge in [0.05, 0.1) is 17.8 Å². The molecule has 0 aromatic rings. The van der Waals surface area contributed by atoms with Gasteiger partial charge >= 0.3 is 7.12 Å². The largest absolute Gasteiger partial charge is 0.475 e. The van der Waals surface area contributed by atoms with Crippen molar-refractivity contribution in [3.05, 3.63) is 10.1 Å². The number of hydrogen-bond donors (Lipinski definition) is 6. The number of imide groups is 1. The summed E-state index contributed by atoms with van der Waals surface area (Å²) in [6, 6.07) is -0.950. The summed E-state index contributed by atoms with van der Waals surface area (Å²) in [5.41, 5.74) is 5.50. The van der Waals surface area contributed by atoms with Crippen LogP contribution < -0.4 is 21.7 Å². The molecule has 4 amide bonds. The van der Waals surface area contributed by atoms with Crippen LogP contribution in [-0.4, -0.2) is 81.8 Å². The molecule has 16 heteroatoms. The summed E-state index contributed by atoms with van der Waals surface area (Å²) in [4.78, 5) is 64.7. The van der Waals surface area contributed by atoms with Crippen molar-refractivity contribution in [1.29, 1.82) is 0 Å². The molecule has 0 radical (unpaired) electrons. The van der Waals surface area contributed by atoms with Crippen LogP contribution in [0, 0.1) is 39.7 Å². The third kappa shape index (κ3) is 13.1. The number of likely N-dealkylation sites (tertiary alicyclic amines) is 1. The van der Waals surface area contributed by atoms with Gasteiger partial charge in [-0.3, -0.25) is 24.1 Å². The molecule has 282 valence electrons. The molecule has 2 saturated carbocycles. The van der Waals surface area contributed by atoms with E-state index in [1.165, 1.54) is 4.90 Å². The highest BCUT2D eigenvalue weighted by molar-refractivity contribution is 6.43. The summed E-state index contributed by atoms with van der Waals surface area (Å²) in [5, 5.41) is 40.7. The maximum atomic E-state index is 13.8. The number of nitrogens with one attached hydrogen (secondary N) is 3. The quantitative estimate of drug-likeness (QED) is 0.0183. The van der Waals surface area contributed by atoms with Crippen molar-refractivity contribution < 1.29 is 34.3 Å². The van der Waals surface area contributed by atoms with E-state index in [0.29, 0.717) is 25.8 Å². The number of rotatable bonds is 22. The predicted molar refractivity (Wildman–Crippen MR) is 189 cm³/mol. The minimum Gasteiger partial charge on any atom is -0.426 e. The van der Waals surface area contributed by atoms with Crippen molar-refractivity contribution >= 4 is 36.7 Å². The number of fused-ring (bicyclic) bond motifs is 1. The lowest BCUT2D eigenvalue weighted by Gasteiger charge is -2.28. The Labute approximate surface area is 296 Å². The number of carbonyl (C=O) groups excluding carboxylic acids is 4. The van der Waals surface area contributed by atoms with Gasteiger partial charge in [-0.25, -0.2) is 10.1 Å². The van der Waals surface area contributed by atoms with Crippen molar-refractivity contribution in [1.82, 2.24) is 20.9 Å². The molecule has 3 fully saturated rings. The molecule has 1 saturated heterocycles.